The molecule has 0 atom stereocenters. The molecule has 4 aromatic carbocycles. The molecule has 0 unspecified atom stereocenters. The molecule has 0 bridgehead atoms. The number of fused-ring (bicyclic) bond motifs is 2. The Bertz CT molecular complexity index is 1720. The number of pyridine rings is 2. The Balaban J connectivity index is 1.42. The van der Waals surface area contributed by atoms with Crippen LogP contribution in [0.3, 0.4) is 0 Å². The largest absolute Gasteiger partial charge is 0.256 e. The monoisotopic (exact) mass is 526 g/mol. The predicted octanol–water partition coefficient (Wildman–Crippen LogP) is 8.53. The van der Waals surface area contributed by atoms with Crippen molar-refractivity contribution in [3.05, 3.63) is 121 Å². The molecule has 0 aliphatic heterocycles. The lowest BCUT2D eigenvalue weighted by Gasteiger charge is -2.10. The van der Waals surface area contributed by atoms with Gasteiger partial charge in [0.2, 0.25) is 0 Å². The summed E-state index contributed by atoms with van der Waals surface area (Å²) in [6.45, 7) is 0. The highest BCUT2D eigenvalue weighted by Crippen LogP contribution is 2.37. The van der Waals surface area contributed by atoms with Gasteiger partial charge in [-0.25, -0.2) is 0 Å². The van der Waals surface area contributed by atoms with E-state index in [1.165, 1.54) is 0 Å². The van der Waals surface area contributed by atoms with E-state index < -0.39 is 0 Å². The van der Waals surface area contributed by atoms with Crippen molar-refractivity contribution in [1.29, 1.82) is 0 Å². The van der Waals surface area contributed by atoms with E-state index in [0.29, 0.717) is 0 Å². The third-order valence-electron chi connectivity index (χ3n) is 6.35. The molecule has 0 spiro atoms. The van der Waals surface area contributed by atoms with Gasteiger partial charge in [0.1, 0.15) is 0 Å². The van der Waals surface area contributed by atoms with Crippen LogP contribution in [0, 0.1) is 0 Å². The number of aromatic nitrogens is 2. The summed E-state index contributed by atoms with van der Waals surface area (Å²) in [5.74, 6) is 0. The second-order valence-corrected chi connectivity index (χ2v) is 9.66. The van der Waals surface area contributed by atoms with Gasteiger partial charge in [0.05, 0.1) is 22.4 Å². The minimum atomic E-state index is 0.827. The van der Waals surface area contributed by atoms with Crippen molar-refractivity contribution in [2.24, 2.45) is 9.98 Å². The molecule has 0 aliphatic carbocycles. The lowest BCUT2D eigenvalue weighted by molar-refractivity contribution is 1.36. The van der Waals surface area contributed by atoms with Gasteiger partial charge in [-0.1, -0.05) is 60.7 Å². The lowest BCUT2D eigenvalue weighted by Crippen LogP contribution is -1.91. The quantitative estimate of drug-likeness (QED) is 0.175. The minimum Gasteiger partial charge on any atom is -0.256 e. The fraction of sp³-hybridized carbons (Fsp3) is 0. The number of benzene rings is 4. The van der Waals surface area contributed by atoms with Crippen molar-refractivity contribution in [2.75, 3.05) is 0 Å². The summed E-state index contributed by atoms with van der Waals surface area (Å²) in [4.78, 5) is 20.6. The first-order valence-electron chi connectivity index (χ1n) is 12.1. The molecular weight excluding hydrogens is 505 g/mol. The summed E-state index contributed by atoms with van der Waals surface area (Å²) in [5, 5.41) is 2.09. The third kappa shape index (κ3) is 4.72. The van der Waals surface area contributed by atoms with E-state index >= 15 is 0 Å². The average molecular weight is 527 g/mol. The fourth-order valence-corrected chi connectivity index (χ4v) is 4.94. The summed E-state index contributed by atoms with van der Waals surface area (Å²) in [6, 6.07) is 32.1. The molecular formula is C32H22N4S2. The van der Waals surface area contributed by atoms with Crippen LogP contribution in [0.5, 0.6) is 0 Å². The Morgan fingerprint density at radius 2 is 0.947 bits per heavy atom. The molecule has 0 radical (unpaired) electrons. The first kappa shape index (κ1) is 24.1. The van der Waals surface area contributed by atoms with Gasteiger partial charge in [-0.15, -0.1) is 25.3 Å². The second-order valence-electron chi connectivity index (χ2n) is 8.70. The molecule has 2 aromatic heterocycles. The van der Waals surface area contributed by atoms with E-state index in [2.05, 4.69) is 47.4 Å². The van der Waals surface area contributed by atoms with Crippen LogP contribution >= 0.6 is 25.3 Å². The average Bonchev–Trinajstić information content (AvgIpc) is 2.96. The van der Waals surface area contributed by atoms with E-state index in [1.54, 1.807) is 12.4 Å². The van der Waals surface area contributed by atoms with Crippen molar-refractivity contribution in [1.82, 2.24) is 9.97 Å². The van der Waals surface area contributed by atoms with E-state index in [9.17, 15) is 0 Å². The topological polar surface area (TPSA) is 50.5 Å². The first-order chi connectivity index (χ1) is 18.7. The summed E-state index contributed by atoms with van der Waals surface area (Å²) < 4.78 is 0. The van der Waals surface area contributed by atoms with Crippen LogP contribution in [0.2, 0.25) is 0 Å². The number of thiol groups is 2. The smallest absolute Gasteiger partial charge is 0.0800 e. The zero-order valence-corrected chi connectivity index (χ0v) is 22.0. The Labute approximate surface area is 231 Å². The lowest BCUT2D eigenvalue weighted by atomic mass is 10.0. The molecule has 0 aliphatic rings. The molecule has 0 fully saturated rings. The summed E-state index contributed by atoms with van der Waals surface area (Å²) in [6.07, 6.45) is 7.27. The normalized spacial score (nSPS) is 11.7. The number of nitrogens with zero attached hydrogens (tertiary/aromatic N) is 4. The van der Waals surface area contributed by atoms with Crippen LogP contribution in [0.25, 0.3) is 32.9 Å². The summed E-state index contributed by atoms with van der Waals surface area (Å²) in [5.41, 5.74) is 7.14. The van der Waals surface area contributed by atoms with Gasteiger partial charge in [-0.3, -0.25) is 20.0 Å². The maximum Gasteiger partial charge on any atom is 0.0800 e. The third-order valence-corrected chi connectivity index (χ3v) is 7.13. The van der Waals surface area contributed by atoms with E-state index in [4.69, 9.17) is 9.98 Å². The van der Waals surface area contributed by atoms with Gasteiger partial charge in [0.15, 0.2) is 0 Å². The highest BCUT2D eigenvalue weighted by Gasteiger charge is 2.10. The molecule has 182 valence electrons. The Morgan fingerprint density at radius 1 is 0.500 bits per heavy atom. The second kappa shape index (κ2) is 10.6. The number of aliphatic imine (C=N–C) groups is 2. The van der Waals surface area contributed by atoms with E-state index in [1.807, 2.05) is 97.4 Å². The van der Waals surface area contributed by atoms with Gasteiger partial charge in [0, 0.05) is 67.6 Å². The Hall–Kier alpha value is -4.26. The zero-order chi connectivity index (χ0) is 25.9. The zero-order valence-electron chi connectivity index (χ0n) is 20.2. The van der Waals surface area contributed by atoms with Gasteiger partial charge in [-0.2, -0.15) is 0 Å². The fourth-order valence-electron chi connectivity index (χ4n) is 4.46. The standard InChI is InChI=1S/C32H22N4S2/c37-29-15-13-21-7-5-17-33-31(21)25(29)19-35-27-11-3-1-9-23(27)24-10-2-4-12-28(24)36-20-26-30(38)16-14-22-8-6-18-34-32(22)26/h1-20,37-38H. The number of hydrogen-bond acceptors (Lipinski definition) is 6. The molecule has 0 saturated carbocycles. The molecule has 6 rings (SSSR count). The van der Waals surface area contributed by atoms with Gasteiger partial charge >= 0.3 is 0 Å². The van der Waals surface area contributed by atoms with Crippen LogP contribution in [0.15, 0.2) is 129 Å². The summed E-state index contributed by atoms with van der Waals surface area (Å²) in [7, 11) is 0. The number of para-hydroxylation sites is 2. The van der Waals surface area contributed by atoms with Crippen LogP contribution in [0.4, 0.5) is 11.4 Å². The maximum absolute atomic E-state index is 4.89. The number of rotatable bonds is 5. The van der Waals surface area contributed by atoms with Crippen molar-refractivity contribution in [3.8, 4) is 11.1 Å². The molecule has 0 amide bonds. The number of hydrogen-bond donors (Lipinski definition) is 2. The van der Waals surface area contributed by atoms with Crippen LogP contribution < -0.4 is 0 Å². The molecule has 6 heteroatoms. The highest BCUT2D eigenvalue weighted by molar-refractivity contribution is 7.80. The first-order valence-corrected chi connectivity index (χ1v) is 13.0. The Morgan fingerprint density at radius 3 is 1.42 bits per heavy atom. The Kier molecular flexibility index (Phi) is 6.73. The van der Waals surface area contributed by atoms with Crippen LogP contribution in [-0.4, -0.2) is 22.4 Å². The van der Waals surface area contributed by atoms with Gasteiger partial charge in [-0.05, 0) is 36.4 Å². The SMILES string of the molecule is Sc1ccc2cccnc2c1C=Nc1ccccc1-c1ccccc1N=Cc1c(S)ccc2cccnc12. The summed E-state index contributed by atoms with van der Waals surface area (Å²) >= 11 is 9.33. The van der Waals surface area contributed by atoms with Crippen LogP contribution in [-0.2, 0) is 0 Å². The molecule has 4 nitrogen and oxygen atoms in total. The highest BCUT2D eigenvalue weighted by atomic mass is 32.1. The maximum atomic E-state index is 4.89. The van der Waals surface area contributed by atoms with Crippen molar-refractivity contribution in [3.63, 3.8) is 0 Å². The molecule has 0 saturated heterocycles. The molecule has 38 heavy (non-hydrogen) atoms. The van der Waals surface area contributed by atoms with Crippen molar-refractivity contribution in [2.45, 2.75) is 9.79 Å². The van der Waals surface area contributed by atoms with E-state index in [0.717, 1.165) is 65.2 Å². The van der Waals surface area contributed by atoms with Gasteiger partial charge in [0.25, 0.3) is 0 Å². The molecule has 6 aromatic rings. The van der Waals surface area contributed by atoms with E-state index in [-0.39, 0.29) is 0 Å². The van der Waals surface area contributed by atoms with Gasteiger partial charge < -0.3 is 0 Å². The van der Waals surface area contributed by atoms with Crippen molar-refractivity contribution >= 4 is 70.9 Å². The van der Waals surface area contributed by atoms with Crippen molar-refractivity contribution < 1.29 is 0 Å². The molecule has 2 heterocycles. The minimum absolute atomic E-state index is 0.827. The molecule has 0 N–H and O–H groups in total. The predicted molar refractivity (Wildman–Crippen MR) is 164 cm³/mol. The van der Waals surface area contributed by atoms with Crippen LogP contribution in [0.1, 0.15) is 11.1 Å².